The lowest BCUT2D eigenvalue weighted by Crippen LogP contribution is -2.48. The maximum absolute atomic E-state index is 5.86. The van der Waals surface area contributed by atoms with Gasteiger partial charge < -0.3 is 9.64 Å². The van der Waals surface area contributed by atoms with Gasteiger partial charge in [0.1, 0.15) is 0 Å². The average Bonchev–Trinajstić information content (AvgIpc) is 2.37. The highest BCUT2D eigenvalue weighted by atomic mass is 16.5. The largest absolute Gasteiger partial charge is 0.372 e. The summed E-state index contributed by atoms with van der Waals surface area (Å²) < 4.78 is 5.86. The first kappa shape index (κ1) is 7.56. The second-order valence-corrected chi connectivity index (χ2v) is 3.98. The van der Waals surface area contributed by atoms with Gasteiger partial charge in [0, 0.05) is 13.1 Å². The Balaban J connectivity index is 2.00. The number of rotatable bonds is 0. The van der Waals surface area contributed by atoms with Crippen LogP contribution in [0, 0.1) is 0 Å². The van der Waals surface area contributed by atoms with Crippen molar-refractivity contribution in [2.24, 2.45) is 0 Å². The van der Waals surface area contributed by atoms with E-state index in [2.05, 4.69) is 11.9 Å². The van der Waals surface area contributed by atoms with Gasteiger partial charge >= 0.3 is 0 Å². The Hall–Kier alpha value is -0.0800. The van der Waals surface area contributed by atoms with Gasteiger partial charge in [-0.15, -0.1) is 0 Å². The van der Waals surface area contributed by atoms with Crippen molar-refractivity contribution in [3.8, 4) is 0 Å². The van der Waals surface area contributed by atoms with Gasteiger partial charge in [-0.3, -0.25) is 0 Å². The molecule has 1 heterocycles. The van der Waals surface area contributed by atoms with E-state index in [1.54, 1.807) is 0 Å². The minimum Gasteiger partial charge on any atom is -0.372 e. The Bertz CT molecular complexity index is 140. The van der Waals surface area contributed by atoms with Crippen LogP contribution in [0.25, 0.3) is 0 Å². The van der Waals surface area contributed by atoms with Gasteiger partial charge in [-0.1, -0.05) is 12.8 Å². The molecule has 1 spiro atoms. The van der Waals surface area contributed by atoms with E-state index in [9.17, 15) is 0 Å². The van der Waals surface area contributed by atoms with E-state index >= 15 is 0 Å². The Kier molecular flexibility index (Phi) is 1.90. The Morgan fingerprint density at radius 3 is 2.64 bits per heavy atom. The van der Waals surface area contributed by atoms with Crippen molar-refractivity contribution >= 4 is 0 Å². The molecule has 2 rings (SSSR count). The smallest absolute Gasteiger partial charge is 0.0809 e. The number of morpholine rings is 1. The predicted octanol–water partition coefficient (Wildman–Crippen LogP) is 1.26. The zero-order valence-electron chi connectivity index (χ0n) is 7.31. The van der Waals surface area contributed by atoms with Crippen LogP contribution >= 0.6 is 0 Å². The number of hydrogen-bond acceptors (Lipinski definition) is 2. The molecule has 0 aromatic rings. The molecule has 11 heavy (non-hydrogen) atoms. The summed E-state index contributed by atoms with van der Waals surface area (Å²) in [5.74, 6) is 0. The van der Waals surface area contributed by atoms with Crippen LogP contribution in [0.15, 0.2) is 0 Å². The second-order valence-electron chi connectivity index (χ2n) is 3.98. The lowest BCUT2D eigenvalue weighted by atomic mass is 10.0. The molecule has 2 nitrogen and oxygen atoms in total. The molecule has 1 aliphatic carbocycles. The second kappa shape index (κ2) is 2.76. The topological polar surface area (TPSA) is 12.5 Å². The fourth-order valence-corrected chi connectivity index (χ4v) is 2.36. The first-order valence-corrected chi connectivity index (χ1v) is 4.63. The van der Waals surface area contributed by atoms with Crippen molar-refractivity contribution in [3.63, 3.8) is 0 Å². The van der Waals surface area contributed by atoms with Gasteiger partial charge in [0.25, 0.3) is 0 Å². The third kappa shape index (κ3) is 1.42. The van der Waals surface area contributed by atoms with Gasteiger partial charge in [0.2, 0.25) is 0 Å². The van der Waals surface area contributed by atoms with Crippen molar-refractivity contribution in [1.29, 1.82) is 0 Å². The van der Waals surface area contributed by atoms with E-state index < -0.39 is 0 Å². The Morgan fingerprint density at radius 2 is 2.00 bits per heavy atom. The molecule has 0 atom stereocenters. The summed E-state index contributed by atoms with van der Waals surface area (Å²) in [4.78, 5) is 2.40. The van der Waals surface area contributed by atoms with E-state index in [1.165, 1.54) is 25.7 Å². The molecule has 2 fully saturated rings. The van der Waals surface area contributed by atoms with E-state index in [1.807, 2.05) is 0 Å². The molecule has 2 aliphatic rings. The Morgan fingerprint density at radius 1 is 1.27 bits per heavy atom. The van der Waals surface area contributed by atoms with Gasteiger partial charge in [0.15, 0.2) is 0 Å². The lowest BCUT2D eigenvalue weighted by molar-refractivity contribution is -0.0980. The van der Waals surface area contributed by atoms with Crippen LogP contribution in [0.1, 0.15) is 25.7 Å². The molecule has 0 aromatic heterocycles. The summed E-state index contributed by atoms with van der Waals surface area (Å²) in [7, 11) is 2.20. The maximum atomic E-state index is 5.86. The molecule has 1 saturated carbocycles. The molecular formula is C9H17NO. The average molecular weight is 155 g/mol. The monoisotopic (exact) mass is 155 g/mol. The van der Waals surface area contributed by atoms with Gasteiger partial charge in [-0.05, 0) is 19.9 Å². The number of ether oxygens (including phenoxy) is 1. The minimum atomic E-state index is 0.271. The third-order valence-corrected chi connectivity index (χ3v) is 2.95. The third-order valence-electron chi connectivity index (χ3n) is 2.95. The summed E-state index contributed by atoms with van der Waals surface area (Å²) in [6.07, 6.45) is 5.32. The highest BCUT2D eigenvalue weighted by Crippen LogP contribution is 2.35. The van der Waals surface area contributed by atoms with Gasteiger partial charge in [0.05, 0.1) is 12.2 Å². The Labute approximate surface area is 68.5 Å². The lowest BCUT2D eigenvalue weighted by Gasteiger charge is -2.38. The van der Waals surface area contributed by atoms with Crippen LogP contribution in [-0.2, 0) is 4.74 Å². The molecule has 64 valence electrons. The molecule has 0 unspecified atom stereocenters. The van der Waals surface area contributed by atoms with Gasteiger partial charge in [-0.25, -0.2) is 0 Å². The first-order chi connectivity index (χ1) is 5.31. The van der Waals surface area contributed by atoms with Crippen molar-refractivity contribution in [1.82, 2.24) is 4.90 Å². The quantitative estimate of drug-likeness (QED) is 0.522. The van der Waals surface area contributed by atoms with Crippen molar-refractivity contribution in [2.45, 2.75) is 31.3 Å². The van der Waals surface area contributed by atoms with Crippen LogP contribution in [-0.4, -0.2) is 37.2 Å². The van der Waals surface area contributed by atoms with Crippen molar-refractivity contribution < 1.29 is 4.74 Å². The highest BCUT2D eigenvalue weighted by Gasteiger charge is 2.37. The van der Waals surface area contributed by atoms with Crippen molar-refractivity contribution in [3.05, 3.63) is 0 Å². The summed E-state index contributed by atoms with van der Waals surface area (Å²) >= 11 is 0. The summed E-state index contributed by atoms with van der Waals surface area (Å²) in [6, 6.07) is 0. The molecule has 0 N–H and O–H groups in total. The number of likely N-dealkylation sites (N-methyl/N-ethyl adjacent to an activating group) is 1. The van der Waals surface area contributed by atoms with Crippen molar-refractivity contribution in [2.75, 3.05) is 26.7 Å². The van der Waals surface area contributed by atoms with E-state index in [4.69, 9.17) is 4.74 Å². The fraction of sp³-hybridized carbons (Fsp3) is 1.00. The normalized spacial score (nSPS) is 31.4. The molecule has 1 saturated heterocycles. The van der Waals surface area contributed by atoms with Crippen LogP contribution in [0.2, 0.25) is 0 Å². The van der Waals surface area contributed by atoms with Gasteiger partial charge in [-0.2, -0.15) is 0 Å². The first-order valence-electron chi connectivity index (χ1n) is 4.63. The molecular weight excluding hydrogens is 138 g/mol. The zero-order chi connectivity index (χ0) is 7.73. The number of nitrogens with zero attached hydrogens (tertiary/aromatic N) is 1. The zero-order valence-corrected chi connectivity index (χ0v) is 7.31. The summed E-state index contributed by atoms with van der Waals surface area (Å²) in [6.45, 7) is 3.21. The van der Waals surface area contributed by atoms with Crippen LogP contribution in [0.5, 0.6) is 0 Å². The summed E-state index contributed by atoms with van der Waals surface area (Å²) in [5.41, 5.74) is 0.271. The molecule has 0 radical (unpaired) electrons. The van der Waals surface area contributed by atoms with Crippen LogP contribution in [0.4, 0.5) is 0 Å². The van der Waals surface area contributed by atoms with Crippen LogP contribution < -0.4 is 0 Å². The molecule has 2 heteroatoms. The standard InChI is InChI=1S/C9H17NO/c1-10-6-7-11-9(8-10)4-2-3-5-9/h2-8H2,1H3. The van der Waals surface area contributed by atoms with E-state index in [0.29, 0.717) is 0 Å². The molecule has 0 aromatic carbocycles. The number of hydrogen-bond donors (Lipinski definition) is 0. The van der Waals surface area contributed by atoms with E-state index in [0.717, 1.165) is 19.7 Å². The highest BCUT2D eigenvalue weighted by molar-refractivity contribution is 4.91. The molecule has 1 aliphatic heterocycles. The summed E-state index contributed by atoms with van der Waals surface area (Å²) in [5, 5.41) is 0. The minimum absolute atomic E-state index is 0.271. The fourth-order valence-electron chi connectivity index (χ4n) is 2.36. The predicted molar refractivity (Wildman–Crippen MR) is 44.6 cm³/mol. The van der Waals surface area contributed by atoms with Crippen LogP contribution in [0.3, 0.4) is 0 Å². The molecule has 0 amide bonds. The van der Waals surface area contributed by atoms with E-state index in [-0.39, 0.29) is 5.60 Å². The molecule has 0 bridgehead atoms. The maximum Gasteiger partial charge on any atom is 0.0809 e. The SMILES string of the molecule is CN1CCOC2(CCCC2)C1.